The van der Waals surface area contributed by atoms with E-state index in [1.54, 1.807) is 4.80 Å². The van der Waals surface area contributed by atoms with Crippen LogP contribution in [0.5, 0.6) is 0 Å². The van der Waals surface area contributed by atoms with Gasteiger partial charge in [-0.3, -0.25) is 0 Å². The highest BCUT2D eigenvalue weighted by molar-refractivity contribution is 5.73. The molecule has 4 nitrogen and oxygen atoms in total. The number of benzene rings is 1. The van der Waals surface area contributed by atoms with Crippen molar-refractivity contribution in [2.75, 3.05) is 0 Å². The van der Waals surface area contributed by atoms with Crippen LogP contribution >= 0.6 is 0 Å². The lowest BCUT2D eigenvalue weighted by Gasteiger charge is -2.07. The highest BCUT2D eigenvalue weighted by Gasteiger charge is 2.07. The summed E-state index contributed by atoms with van der Waals surface area (Å²) < 4.78 is 0. The number of hydrogen-bond donors (Lipinski definition) is 1. The molecule has 0 radical (unpaired) electrons. The zero-order valence-corrected chi connectivity index (χ0v) is 12.7. The van der Waals surface area contributed by atoms with Crippen molar-refractivity contribution in [3.63, 3.8) is 0 Å². The first-order valence-electron chi connectivity index (χ1n) is 7.01. The number of aliphatic hydroxyl groups is 1. The minimum atomic E-state index is 0.0865. The minimum absolute atomic E-state index is 0.0865. The van der Waals surface area contributed by atoms with Gasteiger partial charge in [0.25, 0.3) is 0 Å². The van der Waals surface area contributed by atoms with Crippen LogP contribution in [0.3, 0.4) is 0 Å². The molecule has 0 aliphatic rings. The largest absolute Gasteiger partial charge is 0.508 e. The summed E-state index contributed by atoms with van der Waals surface area (Å²) in [5.41, 5.74) is 3.81. The first-order chi connectivity index (χ1) is 9.97. The Bertz CT molecular complexity index is 677. The summed E-state index contributed by atoms with van der Waals surface area (Å²) in [4.78, 5) is 1.73. The molecule has 1 N–H and O–H groups in total. The molecule has 1 atom stereocenters. The van der Waals surface area contributed by atoms with E-state index in [1.807, 2.05) is 37.3 Å². The van der Waals surface area contributed by atoms with Gasteiger partial charge in [0.1, 0.15) is 16.8 Å². The van der Waals surface area contributed by atoms with E-state index in [9.17, 15) is 5.11 Å². The molecule has 0 saturated carbocycles. The molecule has 1 aromatic heterocycles. The molecule has 0 amide bonds. The van der Waals surface area contributed by atoms with Crippen LogP contribution in [-0.4, -0.2) is 20.1 Å². The van der Waals surface area contributed by atoms with Gasteiger partial charge in [-0.2, -0.15) is 15.0 Å². The third-order valence-electron chi connectivity index (χ3n) is 3.38. The Kier molecular flexibility index (Phi) is 4.58. The predicted molar refractivity (Wildman–Crippen MR) is 86.1 cm³/mol. The van der Waals surface area contributed by atoms with Gasteiger partial charge in [0.2, 0.25) is 0 Å². The lowest BCUT2D eigenvalue weighted by Crippen LogP contribution is -2.06. The van der Waals surface area contributed by atoms with Gasteiger partial charge < -0.3 is 5.11 Å². The molecule has 110 valence electrons. The molecule has 1 aromatic carbocycles. The molecule has 0 aliphatic carbocycles. The Balaban J connectivity index is 2.12. The van der Waals surface area contributed by atoms with Gasteiger partial charge in [-0.15, -0.1) is 0 Å². The lowest BCUT2D eigenvalue weighted by atomic mass is 10.1. The minimum Gasteiger partial charge on any atom is -0.508 e. The van der Waals surface area contributed by atoms with Crippen molar-refractivity contribution >= 4 is 11.0 Å². The monoisotopic (exact) mass is 283 g/mol. The predicted octanol–water partition coefficient (Wildman–Crippen LogP) is 4.35. The zero-order valence-electron chi connectivity index (χ0n) is 12.7. The molecule has 0 saturated heterocycles. The molecule has 21 heavy (non-hydrogen) atoms. The fourth-order valence-electron chi connectivity index (χ4n) is 2.04. The van der Waals surface area contributed by atoms with Crippen molar-refractivity contribution in [1.29, 1.82) is 0 Å². The van der Waals surface area contributed by atoms with Gasteiger partial charge in [0, 0.05) is 0 Å². The Labute approximate surface area is 125 Å². The molecule has 0 spiro atoms. The molecule has 4 heteroatoms. The number of aromatic nitrogens is 3. The number of allylic oxidation sites excluding steroid dienone is 4. The van der Waals surface area contributed by atoms with E-state index in [4.69, 9.17) is 0 Å². The highest BCUT2D eigenvalue weighted by Crippen LogP contribution is 2.15. The van der Waals surface area contributed by atoms with Crippen LogP contribution in [0.4, 0.5) is 0 Å². The number of nitrogens with zero attached hydrogens (tertiary/aromatic N) is 3. The molecule has 0 fully saturated rings. The maximum absolute atomic E-state index is 9.27. The van der Waals surface area contributed by atoms with Crippen LogP contribution in [0.2, 0.25) is 0 Å². The van der Waals surface area contributed by atoms with Crippen LogP contribution in [-0.2, 0) is 0 Å². The van der Waals surface area contributed by atoms with E-state index in [0.29, 0.717) is 0 Å². The Hall–Kier alpha value is -2.36. The normalized spacial score (nSPS) is 14.4. The quantitative estimate of drug-likeness (QED) is 0.504. The maximum Gasteiger partial charge on any atom is 0.113 e. The number of hydrogen-bond acceptors (Lipinski definition) is 3. The fourth-order valence-corrected chi connectivity index (χ4v) is 2.04. The molecular weight excluding hydrogens is 262 g/mol. The van der Waals surface area contributed by atoms with Crippen molar-refractivity contribution in [3.8, 4) is 0 Å². The number of fused-ring (bicyclic) bond motifs is 1. The summed E-state index contributed by atoms with van der Waals surface area (Å²) in [5.74, 6) is 0.121. The van der Waals surface area contributed by atoms with Gasteiger partial charge in [-0.25, -0.2) is 0 Å². The Morgan fingerprint density at radius 2 is 1.86 bits per heavy atom. The standard InChI is InChI=1S/C17H21N3O/c1-12(9-10-13(2)15(4)21)11-14(3)20-18-16-7-5-6-8-17(16)19-20/h5-8,10-11,14,21H,4,9H2,1-3H3/b12-11-,13-10-. The van der Waals surface area contributed by atoms with Crippen LogP contribution in [0.25, 0.3) is 11.0 Å². The van der Waals surface area contributed by atoms with E-state index < -0.39 is 0 Å². The molecule has 0 bridgehead atoms. The van der Waals surface area contributed by atoms with Crippen LogP contribution < -0.4 is 0 Å². The molecule has 1 heterocycles. The average Bonchev–Trinajstić information content (AvgIpc) is 2.88. The summed E-state index contributed by atoms with van der Waals surface area (Å²) in [6.45, 7) is 9.48. The summed E-state index contributed by atoms with van der Waals surface area (Å²) >= 11 is 0. The van der Waals surface area contributed by atoms with Crippen LogP contribution in [0.1, 0.15) is 33.2 Å². The Morgan fingerprint density at radius 1 is 1.29 bits per heavy atom. The molecule has 2 rings (SSSR count). The first-order valence-corrected chi connectivity index (χ1v) is 7.01. The third-order valence-corrected chi connectivity index (χ3v) is 3.38. The van der Waals surface area contributed by atoms with E-state index in [-0.39, 0.29) is 11.8 Å². The zero-order chi connectivity index (χ0) is 15.4. The summed E-state index contributed by atoms with van der Waals surface area (Å²) in [7, 11) is 0. The summed E-state index contributed by atoms with van der Waals surface area (Å²) in [6.07, 6.45) is 4.87. The first kappa shape index (κ1) is 15.0. The second-order valence-electron chi connectivity index (χ2n) is 5.30. The van der Waals surface area contributed by atoms with E-state index in [1.165, 1.54) is 5.57 Å². The molecule has 0 aliphatic heterocycles. The third kappa shape index (κ3) is 3.81. The van der Waals surface area contributed by atoms with E-state index in [0.717, 1.165) is 23.0 Å². The van der Waals surface area contributed by atoms with Gasteiger partial charge in [0.05, 0.1) is 6.04 Å². The van der Waals surface area contributed by atoms with Gasteiger partial charge in [-0.1, -0.05) is 36.4 Å². The van der Waals surface area contributed by atoms with Gasteiger partial charge in [-0.05, 0) is 44.9 Å². The van der Waals surface area contributed by atoms with Crippen molar-refractivity contribution in [2.24, 2.45) is 0 Å². The van der Waals surface area contributed by atoms with E-state index >= 15 is 0 Å². The van der Waals surface area contributed by atoms with E-state index in [2.05, 4.69) is 36.7 Å². The second-order valence-corrected chi connectivity index (χ2v) is 5.30. The smallest absolute Gasteiger partial charge is 0.113 e. The average molecular weight is 283 g/mol. The van der Waals surface area contributed by atoms with Crippen LogP contribution in [0.15, 0.2) is 59.9 Å². The van der Waals surface area contributed by atoms with Crippen molar-refractivity contribution < 1.29 is 5.11 Å². The van der Waals surface area contributed by atoms with Crippen molar-refractivity contribution in [2.45, 2.75) is 33.2 Å². The fraction of sp³-hybridized carbons (Fsp3) is 0.294. The maximum atomic E-state index is 9.27. The molecular formula is C17H21N3O. The number of aliphatic hydroxyl groups excluding tert-OH is 1. The second kappa shape index (κ2) is 6.39. The van der Waals surface area contributed by atoms with Gasteiger partial charge in [0.15, 0.2) is 0 Å². The van der Waals surface area contributed by atoms with Crippen molar-refractivity contribution in [3.05, 3.63) is 59.9 Å². The lowest BCUT2D eigenvalue weighted by molar-refractivity contribution is 0.426. The topological polar surface area (TPSA) is 50.9 Å². The highest BCUT2D eigenvalue weighted by atomic mass is 16.3. The summed E-state index contributed by atoms with van der Waals surface area (Å²) in [5, 5.41) is 18.2. The number of rotatable bonds is 5. The van der Waals surface area contributed by atoms with Gasteiger partial charge >= 0.3 is 0 Å². The van der Waals surface area contributed by atoms with Crippen LogP contribution in [0, 0.1) is 0 Å². The Morgan fingerprint density at radius 3 is 2.38 bits per heavy atom. The van der Waals surface area contributed by atoms with Crippen molar-refractivity contribution in [1.82, 2.24) is 15.0 Å². The molecule has 1 unspecified atom stereocenters. The molecule has 2 aromatic rings. The SMILES string of the molecule is C=C(O)/C(C)=C\C/C(C)=C\C(C)n1nc2ccccc2n1. The summed E-state index contributed by atoms with van der Waals surface area (Å²) in [6, 6.07) is 7.93.